The van der Waals surface area contributed by atoms with Gasteiger partial charge in [-0.15, -0.1) is 0 Å². The SMILES string of the molecule is CC(C(=O)OC(C)(C)C)C1(O)Cc2ccccc2C1. The normalized spacial score (nSPS) is 18.8. The van der Waals surface area contributed by atoms with Gasteiger partial charge in [0, 0.05) is 12.8 Å². The van der Waals surface area contributed by atoms with Gasteiger partial charge in [0.2, 0.25) is 0 Å². The maximum Gasteiger partial charge on any atom is 0.312 e. The van der Waals surface area contributed by atoms with Crippen molar-refractivity contribution in [3.05, 3.63) is 35.4 Å². The number of benzene rings is 1. The van der Waals surface area contributed by atoms with E-state index in [1.807, 2.05) is 45.0 Å². The monoisotopic (exact) mass is 262 g/mol. The van der Waals surface area contributed by atoms with Gasteiger partial charge in [-0.2, -0.15) is 0 Å². The van der Waals surface area contributed by atoms with E-state index in [9.17, 15) is 9.90 Å². The zero-order valence-electron chi connectivity index (χ0n) is 12.1. The van der Waals surface area contributed by atoms with Crippen LogP contribution in [-0.4, -0.2) is 22.3 Å². The largest absolute Gasteiger partial charge is 0.460 e. The van der Waals surface area contributed by atoms with Crippen molar-refractivity contribution in [2.75, 3.05) is 0 Å². The Morgan fingerprint density at radius 1 is 1.26 bits per heavy atom. The summed E-state index contributed by atoms with van der Waals surface area (Å²) in [5.41, 5.74) is 0.708. The molecule has 0 heterocycles. The molecule has 0 radical (unpaired) electrons. The molecular formula is C16H22O3. The van der Waals surface area contributed by atoms with Crippen molar-refractivity contribution in [2.24, 2.45) is 5.92 Å². The zero-order valence-corrected chi connectivity index (χ0v) is 12.1. The highest BCUT2D eigenvalue weighted by Crippen LogP contribution is 2.36. The summed E-state index contributed by atoms with van der Waals surface area (Å²) in [6.07, 6.45) is 1.03. The lowest BCUT2D eigenvalue weighted by Gasteiger charge is -2.31. The van der Waals surface area contributed by atoms with Gasteiger partial charge in [-0.1, -0.05) is 24.3 Å². The van der Waals surface area contributed by atoms with Crippen molar-refractivity contribution in [3.8, 4) is 0 Å². The lowest BCUT2D eigenvalue weighted by atomic mass is 9.86. The molecule has 0 aromatic heterocycles. The van der Waals surface area contributed by atoms with Gasteiger partial charge >= 0.3 is 5.97 Å². The third kappa shape index (κ3) is 2.98. The van der Waals surface area contributed by atoms with Crippen LogP contribution in [0.25, 0.3) is 0 Å². The van der Waals surface area contributed by atoms with Crippen LogP contribution >= 0.6 is 0 Å². The van der Waals surface area contributed by atoms with E-state index >= 15 is 0 Å². The van der Waals surface area contributed by atoms with Gasteiger partial charge in [-0.25, -0.2) is 0 Å². The number of hydrogen-bond donors (Lipinski definition) is 1. The summed E-state index contributed by atoms with van der Waals surface area (Å²) in [5.74, 6) is -0.859. The average Bonchev–Trinajstić information content (AvgIpc) is 2.63. The Labute approximate surface area is 114 Å². The summed E-state index contributed by atoms with van der Waals surface area (Å²) in [6.45, 7) is 7.27. The number of carbonyl (C=O) groups excluding carboxylic acids is 1. The Hall–Kier alpha value is -1.35. The van der Waals surface area contributed by atoms with Crippen molar-refractivity contribution in [1.82, 2.24) is 0 Å². The molecule has 0 fully saturated rings. The summed E-state index contributed by atoms with van der Waals surface area (Å²) in [4.78, 5) is 12.1. The van der Waals surface area contributed by atoms with E-state index in [4.69, 9.17) is 4.74 Å². The van der Waals surface area contributed by atoms with Gasteiger partial charge < -0.3 is 9.84 Å². The molecule has 1 aliphatic rings. The molecule has 0 saturated heterocycles. The van der Waals surface area contributed by atoms with Gasteiger partial charge in [-0.3, -0.25) is 4.79 Å². The van der Waals surface area contributed by atoms with Crippen LogP contribution in [0.15, 0.2) is 24.3 Å². The van der Waals surface area contributed by atoms with E-state index < -0.39 is 17.1 Å². The van der Waals surface area contributed by atoms with Crippen LogP contribution in [0.3, 0.4) is 0 Å². The van der Waals surface area contributed by atoms with Crippen LogP contribution in [-0.2, 0) is 22.4 Å². The number of carbonyl (C=O) groups is 1. The van der Waals surface area contributed by atoms with E-state index in [1.54, 1.807) is 6.92 Å². The highest BCUT2D eigenvalue weighted by atomic mass is 16.6. The van der Waals surface area contributed by atoms with Crippen molar-refractivity contribution in [2.45, 2.75) is 51.7 Å². The minimum Gasteiger partial charge on any atom is -0.460 e. The fourth-order valence-electron chi connectivity index (χ4n) is 2.54. The van der Waals surface area contributed by atoms with E-state index in [0.717, 1.165) is 11.1 Å². The minimum atomic E-state index is -1.02. The lowest BCUT2D eigenvalue weighted by Crippen LogP contribution is -2.44. The van der Waals surface area contributed by atoms with E-state index in [2.05, 4.69) is 0 Å². The molecule has 2 rings (SSSR count). The zero-order chi connectivity index (χ0) is 14.3. The van der Waals surface area contributed by atoms with Crippen molar-refractivity contribution >= 4 is 5.97 Å². The first-order valence-electron chi connectivity index (χ1n) is 6.73. The quantitative estimate of drug-likeness (QED) is 0.833. The second kappa shape index (κ2) is 4.64. The van der Waals surface area contributed by atoms with Crippen molar-refractivity contribution in [1.29, 1.82) is 0 Å². The van der Waals surface area contributed by atoms with Gasteiger partial charge in [0.05, 0.1) is 11.5 Å². The highest BCUT2D eigenvalue weighted by molar-refractivity contribution is 5.74. The summed E-state index contributed by atoms with van der Waals surface area (Å²) >= 11 is 0. The van der Waals surface area contributed by atoms with Gasteiger partial charge in [0.25, 0.3) is 0 Å². The first kappa shape index (κ1) is 14.1. The molecule has 1 N–H and O–H groups in total. The fourth-order valence-corrected chi connectivity index (χ4v) is 2.54. The first-order valence-corrected chi connectivity index (χ1v) is 6.73. The van der Waals surface area contributed by atoms with Crippen LogP contribution < -0.4 is 0 Å². The predicted molar refractivity (Wildman–Crippen MR) is 73.8 cm³/mol. The predicted octanol–water partition coefficient (Wildman–Crippen LogP) is 2.49. The smallest absolute Gasteiger partial charge is 0.312 e. The molecule has 0 amide bonds. The molecule has 1 unspecified atom stereocenters. The number of hydrogen-bond acceptors (Lipinski definition) is 3. The molecule has 3 nitrogen and oxygen atoms in total. The topological polar surface area (TPSA) is 46.5 Å². The maximum atomic E-state index is 12.1. The maximum absolute atomic E-state index is 12.1. The van der Waals surface area contributed by atoms with Crippen molar-refractivity contribution in [3.63, 3.8) is 0 Å². The summed E-state index contributed by atoms with van der Waals surface area (Å²) in [5, 5.41) is 10.7. The number of rotatable bonds is 2. The number of fused-ring (bicyclic) bond motifs is 1. The first-order chi connectivity index (χ1) is 8.71. The van der Waals surface area contributed by atoms with Crippen LogP contribution in [0.5, 0.6) is 0 Å². The molecule has 1 aliphatic carbocycles. The number of ether oxygens (including phenoxy) is 1. The number of aliphatic hydroxyl groups is 1. The van der Waals surface area contributed by atoms with Gasteiger partial charge in [-0.05, 0) is 38.8 Å². The Bertz CT molecular complexity index is 460. The fraction of sp³-hybridized carbons (Fsp3) is 0.562. The van der Waals surface area contributed by atoms with E-state index in [-0.39, 0.29) is 5.97 Å². The third-order valence-electron chi connectivity index (χ3n) is 3.68. The molecule has 1 atom stereocenters. The molecule has 0 spiro atoms. The Balaban J connectivity index is 2.13. The summed E-state index contributed by atoms with van der Waals surface area (Å²) in [7, 11) is 0. The molecule has 1 aromatic carbocycles. The molecular weight excluding hydrogens is 240 g/mol. The van der Waals surface area contributed by atoms with Crippen LogP contribution in [0.2, 0.25) is 0 Å². The van der Waals surface area contributed by atoms with Crippen molar-refractivity contribution < 1.29 is 14.6 Å². The minimum absolute atomic E-state index is 0.331. The molecule has 1 aromatic rings. The Kier molecular flexibility index (Phi) is 3.43. The number of esters is 1. The second-order valence-electron chi connectivity index (χ2n) is 6.48. The molecule has 0 bridgehead atoms. The second-order valence-corrected chi connectivity index (χ2v) is 6.48. The van der Waals surface area contributed by atoms with Crippen LogP contribution in [0, 0.1) is 5.92 Å². The summed E-state index contributed by atoms with van der Waals surface area (Å²) < 4.78 is 5.38. The summed E-state index contributed by atoms with van der Waals surface area (Å²) in [6, 6.07) is 7.94. The van der Waals surface area contributed by atoms with E-state index in [0.29, 0.717) is 12.8 Å². The average molecular weight is 262 g/mol. The standard InChI is InChI=1S/C16H22O3/c1-11(14(17)19-15(2,3)4)16(18)9-12-7-5-6-8-13(12)10-16/h5-8,11,18H,9-10H2,1-4H3. The highest BCUT2D eigenvalue weighted by Gasteiger charge is 2.44. The lowest BCUT2D eigenvalue weighted by molar-refractivity contribution is -0.168. The molecule has 3 heteroatoms. The molecule has 19 heavy (non-hydrogen) atoms. The third-order valence-corrected chi connectivity index (χ3v) is 3.68. The van der Waals surface area contributed by atoms with E-state index in [1.165, 1.54) is 0 Å². The van der Waals surface area contributed by atoms with Gasteiger partial charge in [0.1, 0.15) is 5.60 Å². The molecule has 104 valence electrons. The Morgan fingerprint density at radius 2 is 1.74 bits per heavy atom. The van der Waals surface area contributed by atoms with Gasteiger partial charge in [0.15, 0.2) is 0 Å². The molecule has 0 saturated carbocycles. The molecule has 0 aliphatic heterocycles. The Morgan fingerprint density at radius 3 is 2.16 bits per heavy atom. The van der Waals surface area contributed by atoms with Crippen LogP contribution in [0.1, 0.15) is 38.8 Å². The van der Waals surface area contributed by atoms with Crippen LogP contribution in [0.4, 0.5) is 0 Å².